The molecule has 0 radical (unpaired) electrons. The van der Waals surface area contributed by atoms with E-state index < -0.39 is 0 Å². The monoisotopic (exact) mass is 233 g/mol. The van der Waals surface area contributed by atoms with Crippen LogP contribution < -0.4 is 5.32 Å². The van der Waals surface area contributed by atoms with E-state index in [4.69, 9.17) is 0 Å². The van der Waals surface area contributed by atoms with Gasteiger partial charge in [0.25, 0.3) is 0 Å². The number of hydrogen-bond donors (Lipinski definition) is 2. The predicted molar refractivity (Wildman–Crippen MR) is 71.2 cm³/mol. The van der Waals surface area contributed by atoms with Crippen molar-refractivity contribution in [2.75, 3.05) is 6.54 Å². The van der Waals surface area contributed by atoms with E-state index in [1.165, 1.54) is 31.2 Å². The van der Waals surface area contributed by atoms with Crippen LogP contribution in [0.25, 0.3) is 0 Å². The molecule has 1 unspecified atom stereocenters. The van der Waals surface area contributed by atoms with E-state index in [0.717, 1.165) is 18.9 Å². The third kappa shape index (κ3) is 3.47. The van der Waals surface area contributed by atoms with E-state index in [1.54, 1.807) is 12.1 Å². The molecule has 1 aromatic rings. The Balaban J connectivity index is 1.98. The SMILES string of the molecule is CCNC(Cc1ccc(O)cc1)C1CCCC1. The molecule has 0 aliphatic heterocycles. The van der Waals surface area contributed by atoms with Gasteiger partial charge in [-0.15, -0.1) is 0 Å². The molecule has 0 spiro atoms. The first-order chi connectivity index (χ1) is 8.29. The highest BCUT2D eigenvalue weighted by molar-refractivity contribution is 5.26. The van der Waals surface area contributed by atoms with Crippen LogP contribution in [0.15, 0.2) is 24.3 Å². The minimum atomic E-state index is 0.356. The lowest BCUT2D eigenvalue weighted by molar-refractivity contribution is 0.362. The summed E-state index contributed by atoms with van der Waals surface area (Å²) in [5.74, 6) is 1.19. The van der Waals surface area contributed by atoms with Crippen molar-refractivity contribution in [3.8, 4) is 5.75 Å². The molecule has 2 heteroatoms. The van der Waals surface area contributed by atoms with Crippen molar-refractivity contribution in [3.05, 3.63) is 29.8 Å². The van der Waals surface area contributed by atoms with Gasteiger partial charge in [-0.05, 0) is 49.4 Å². The number of phenolic OH excluding ortho intramolecular Hbond substituents is 1. The minimum absolute atomic E-state index is 0.356. The topological polar surface area (TPSA) is 32.3 Å². The van der Waals surface area contributed by atoms with Crippen molar-refractivity contribution >= 4 is 0 Å². The average molecular weight is 233 g/mol. The van der Waals surface area contributed by atoms with Gasteiger partial charge in [-0.3, -0.25) is 0 Å². The Hall–Kier alpha value is -1.02. The Morgan fingerprint density at radius 3 is 2.47 bits per heavy atom. The molecule has 0 bridgehead atoms. The highest BCUT2D eigenvalue weighted by Crippen LogP contribution is 2.29. The normalized spacial score (nSPS) is 18.4. The molecule has 0 heterocycles. The Bertz CT molecular complexity index is 327. The molecule has 1 aliphatic rings. The number of benzene rings is 1. The van der Waals surface area contributed by atoms with Gasteiger partial charge < -0.3 is 10.4 Å². The van der Waals surface area contributed by atoms with E-state index in [1.807, 2.05) is 12.1 Å². The summed E-state index contributed by atoms with van der Waals surface area (Å²) in [6, 6.07) is 8.25. The fourth-order valence-corrected chi connectivity index (χ4v) is 2.91. The summed E-state index contributed by atoms with van der Waals surface area (Å²) in [6.07, 6.45) is 6.61. The van der Waals surface area contributed by atoms with Gasteiger partial charge in [-0.2, -0.15) is 0 Å². The Morgan fingerprint density at radius 2 is 1.88 bits per heavy atom. The van der Waals surface area contributed by atoms with Gasteiger partial charge in [0.15, 0.2) is 0 Å². The van der Waals surface area contributed by atoms with Gasteiger partial charge >= 0.3 is 0 Å². The minimum Gasteiger partial charge on any atom is -0.508 e. The molecule has 1 fully saturated rings. The van der Waals surface area contributed by atoms with Crippen molar-refractivity contribution in [1.82, 2.24) is 5.32 Å². The van der Waals surface area contributed by atoms with Crippen LogP contribution in [-0.2, 0) is 6.42 Å². The second kappa shape index (κ2) is 6.06. The summed E-state index contributed by atoms with van der Waals surface area (Å²) < 4.78 is 0. The van der Waals surface area contributed by atoms with Crippen molar-refractivity contribution in [3.63, 3.8) is 0 Å². The van der Waals surface area contributed by atoms with Crippen LogP contribution in [0, 0.1) is 5.92 Å². The van der Waals surface area contributed by atoms with Crippen molar-refractivity contribution in [2.24, 2.45) is 5.92 Å². The van der Waals surface area contributed by atoms with Crippen LogP contribution in [0.2, 0.25) is 0 Å². The first-order valence-electron chi connectivity index (χ1n) is 6.81. The smallest absolute Gasteiger partial charge is 0.115 e. The fraction of sp³-hybridized carbons (Fsp3) is 0.600. The van der Waals surface area contributed by atoms with Gasteiger partial charge in [0.1, 0.15) is 5.75 Å². The van der Waals surface area contributed by atoms with Gasteiger partial charge in [-0.25, -0.2) is 0 Å². The molecule has 94 valence electrons. The lowest BCUT2D eigenvalue weighted by Gasteiger charge is -2.24. The molecule has 1 atom stereocenters. The standard InChI is InChI=1S/C15H23NO/c1-2-16-15(13-5-3-4-6-13)11-12-7-9-14(17)10-8-12/h7-10,13,15-17H,2-6,11H2,1H3. The molecule has 2 rings (SSSR count). The van der Waals surface area contributed by atoms with Crippen molar-refractivity contribution < 1.29 is 5.11 Å². The first kappa shape index (κ1) is 12.4. The maximum absolute atomic E-state index is 9.29. The molecule has 1 saturated carbocycles. The van der Waals surface area contributed by atoms with E-state index in [2.05, 4.69) is 12.2 Å². The van der Waals surface area contributed by atoms with E-state index >= 15 is 0 Å². The van der Waals surface area contributed by atoms with Gasteiger partial charge in [0.2, 0.25) is 0 Å². The van der Waals surface area contributed by atoms with Crippen LogP contribution >= 0.6 is 0 Å². The Kier molecular flexibility index (Phi) is 4.43. The molecule has 1 aliphatic carbocycles. The number of rotatable bonds is 5. The third-order valence-electron chi connectivity index (χ3n) is 3.83. The Labute approximate surface area is 104 Å². The Morgan fingerprint density at radius 1 is 1.24 bits per heavy atom. The van der Waals surface area contributed by atoms with Crippen LogP contribution in [0.4, 0.5) is 0 Å². The van der Waals surface area contributed by atoms with E-state index in [-0.39, 0.29) is 0 Å². The van der Waals surface area contributed by atoms with Gasteiger partial charge in [0.05, 0.1) is 0 Å². The number of nitrogens with one attached hydrogen (secondary N) is 1. The molecular formula is C15H23NO. The summed E-state index contributed by atoms with van der Waals surface area (Å²) >= 11 is 0. The molecule has 0 saturated heterocycles. The summed E-state index contributed by atoms with van der Waals surface area (Å²) in [5.41, 5.74) is 1.32. The maximum Gasteiger partial charge on any atom is 0.115 e. The quantitative estimate of drug-likeness (QED) is 0.819. The van der Waals surface area contributed by atoms with E-state index in [9.17, 15) is 5.11 Å². The number of likely N-dealkylation sites (N-methyl/N-ethyl adjacent to an activating group) is 1. The zero-order chi connectivity index (χ0) is 12.1. The second-order valence-corrected chi connectivity index (χ2v) is 5.08. The second-order valence-electron chi connectivity index (χ2n) is 5.08. The number of aromatic hydroxyl groups is 1. The fourth-order valence-electron chi connectivity index (χ4n) is 2.91. The molecule has 2 N–H and O–H groups in total. The molecule has 0 aromatic heterocycles. The van der Waals surface area contributed by atoms with Crippen molar-refractivity contribution in [1.29, 1.82) is 0 Å². The maximum atomic E-state index is 9.29. The molecule has 17 heavy (non-hydrogen) atoms. The molecular weight excluding hydrogens is 210 g/mol. The lowest BCUT2D eigenvalue weighted by atomic mass is 9.92. The number of hydrogen-bond acceptors (Lipinski definition) is 2. The van der Waals surface area contributed by atoms with Crippen LogP contribution in [0.5, 0.6) is 5.75 Å². The average Bonchev–Trinajstić information content (AvgIpc) is 2.85. The summed E-state index contributed by atoms with van der Waals surface area (Å²) in [4.78, 5) is 0. The highest BCUT2D eigenvalue weighted by Gasteiger charge is 2.24. The summed E-state index contributed by atoms with van der Waals surface area (Å²) in [6.45, 7) is 3.22. The van der Waals surface area contributed by atoms with Crippen molar-refractivity contribution in [2.45, 2.75) is 45.1 Å². The van der Waals surface area contributed by atoms with E-state index in [0.29, 0.717) is 11.8 Å². The summed E-state index contributed by atoms with van der Waals surface area (Å²) in [7, 11) is 0. The predicted octanol–water partition coefficient (Wildman–Crippen LogP) is 3.10. The lowest BCUT2D eigenvalue weighted by Crippen LogP contribution is -2.36. The summed E-state index contributed by atoms with van der Waals surface area (Å²) in [5, 5.41) is 12.9. The van der Waals surface area contributed by atoms with Crippen LogP contribution in [0.1, 0.15) is 38.2 Å². The largest absolute Gasteiger partial charge is 0.508 e. The molecule has 1 aromatic carbocycles. The van der Waals surface area contributed by atoms with Crippen LogP contribution in [-0.4, -0.2) is 17.7 Å². The molecule has 2 nitrogen and oxygen atoms in total. The van der Waals surface area contributed by atoms with Gasteiger partial charge in [-0.1, -0.05) is 31.9 Å². The third-order valence-corrected chi connectivity index (χ3v) is 3.83. The first-order valence-corrected chi connectivity index (χ1v) is 6.81. The van der Waals surface area contributed by atoms with Gasteiger partial charge in [0, 0.05) is 6.04 Å². The number of phenols is 1. The highest BCUT2D eigenvalue weighted by atomic mass is 16.3. The zero-order valence-electron chi connectivity index (χ0n) is 10.7. The zero-order valence-corrected chi connectivity index (χ0v) is 10.7. The van der Waals surface area contributed by atoms with Crippen LogP contribution in [0.3, 0.4) is 0 Å². The molecule has 0 amide bonds.